The lowest BCUT2D eigenvalue weighted by Crippen LogP contribution is -2.40. The predicted octanol–water partition coefficient (Wildman–Crippen LogP) is 5.33. The Labute approximate surface area is 199 Å². The molecule has 1 saturated heterocycles. The number of aromatic nitrogens is 3. The van der Waals surface area contributed by atoms with Gasteiger partial charge in [0.15, 0.2) is 5.16 Å². The number of nitrogens with one attached hydrogen (secondary N) is 2. The van der Waals surface area contributed by atoms with Crippen molar-refractivity contribution in [1.82, 2.24) is 25.5 Å². The van der Waals surface area contributed by atoms with Crippen LogP contribution in [0.15, 0.2) is 23.4 Å². The maximum atomic E-state index is 6.40. The topological polar surface area (TPSA) is 58.0 Å². The van der Waals surface area contributed by atoms with Crippen LogP contribution in [0.25, 0.3) is 5.00 Å². The first-order chi connectivity index (χ1) is 15.0. The van der Waals surface area contributed by atoms with Crippen LogP contribution in [0.4, 0.5) is 5.95 Å². The average Bonchev–Trinajstić information content (AvgIpc) is 3.41. The highest BCUT2D eigenvalue weighted by Crippen LogP contribution is 2.49. The lowest BCUT2D eigenvalue weighted by molar-refractivity contribution is 0.493. The zero-order valence-corrected chi connectivity index (χ0v) is 20.3. The van der Waals surface area contributed by atoms with Crippen molar-refractivity contribution < 1.29 is 0 Å². The normalized spacial score (nSPS) is 24.0. The summed E-state index contributed by atoms with van der Waals surface area (Å²) < 4.78 is 2.21. The molecule has 3 aromatic rings. The van der Waals surface area contributed by atoms with Crippen molar-refractivity contribution in [3.05, 3.63) is 49.8 Å². The number of nitrogens with zero attached hydrogens (tertiary/aromatic N) is 4. The second-order valence-corrected chi connectivity index (χ2v) is 11.3. The van der Waals surface area contributed by atoms with Crippen LogP contribution in [0.5, 0.6) is 0 Å². The fraction of sp³-hybridized carbons (Fsp3) is 0.429. The summed E-state index contributed by atoms with van der Waals surface area (Å²) in [5.74, 6) is 2.18. The number of hydrogen-bond donors (Lipinski definition) is 2. The molecule has 1 fully saturated rings. The molecule has 2 N–H and O–H groups in total. The standard InChI is InChI=1S/C21H22Cl2N6S2/c1-10-6-7-16-12(8-10)17-18-24-11(2)27-29(18)20-25-26-21(28(20)19(17)31-16)30-9-13-14(22)4-3-5-15(13)23/h3-5,10-11,18,24,27H,6-9H2,1-2H3/t10-,11?,18?/m1/s1. The molecule has 6 rings (SSSR count). The highest BCUT2D eigenvalue weighted by atomic mass is 35.5. The molecule has 0 radical (unpaired) electrons. The second-order valence-electron chi connectivity index (χ2n) is 8.47. The summed E-state index contributed by atoms with van der Waals surface area (Å²) in [7, 11) is 0. The van der Waals surface area contributed by atoms with Gasteiger partial charge in [0.25, 0.3) is 0 Å². The molecule has 0 bridgehead atoms. The first kappa shape index (κ1) is 20.3. The third-order valence-corrected chi connectivity index (χ3v) is 9.20. The zero-order valence-electron chi connectivity index (χ0n) is 17.2. The number of rotatable bonds is 3. The van der Waals surface area contributed by atoms with Gasteiger partial charge in [0.1, 0.15) is 11.2 Å². The van der Waals surface area contributed by atoms with E-state index in [4.69, 9.17) is 23.2 Å². The van der Waals surface area contributed by atoms with Crippen molar-refractivity contribution in [3.63, 3.8) is 0 Å². The number of benzene rings is 1. The van der Waals surface area contributed by atoms with E-state index < -0.39 is 0 Å². The number of thiophene rings is 1. The number of hydrogen-bond acceptors (Lipinski definition) is 7. The molecule has 1 aromatic carbocycles. The second kappa shape index (κ2) is 7.64. The van der Waals surface area contributed by atoms with E-state index in [1.165, 1.54) is 27.4 Å². The summed E-state index contributed by atoms with van der Waals surface area (Å²) in [6.45, 7) is 4.49. The SMILES string of the molecule is CC1NC2c3c(sc4c3C[C@H](C)CC4)-n3c(SCc4c(Cl)cccc4Cl)nnc3N2N1. The minimum absolute atomic E-state index is 0.0860. The number of anilines is 1. The Morgan fingerprint density at radius 1 is 1.23 bits per heavy atom. The van der Waals surface area contributed by atoms with Gasteiger partial charge in [0.05, 0.1) is 6.17 Å². The Morgan fingerprint density at radius 2 is 2.03 bits per heavy atom. The monoisotopic (exact) mass is 492 g/mol. The maximum Gasteiger partial charge on any atom is 0.249 e. The van der Waals surface area contributed by atoms with E-state index in [0.717, 1.165) is 29.5 Å². The van der Waals surface area contributed by atoms with Crippen molar-refractivity contribution in [2.24, 2.45) is 5.92 Å². The van der Waals surface area contributed by atoms with Crippen LogP contribution in [-0.2, 0) is 18.6 Å². The molecular weight excluding hydrogens is 471 g/mol. The maximum absolute atomic E-state index is 6.40. The van der Waals surface area contributed by atoms with Crippen molar-refractivity contribution in [1.29, 1.82) is 0 Å². The van der Waals surface area contributed by atoms with Gasteiger partial charge in [-0.15, -0.1) is 21.5 Å². The summed E-state index contributed by atoms with van der Waals surface area (Å²) in [5, 5.41) is 18.4. The molecule has 2 aliphatic heterocycles. The molecule has 0 spiro atoms. The van der Waals surface area contributed by atoms with Crippen LogP contribution in [0.2, 0.25) is 10.0 Å². The minimum Gasteiger partial charge on any atom is -0.276 e. The zero-order chi connectivity index (χ0) is 21.3. The minimum atomic E-state index is 0.0860. The molecular formula is C21H22Cl2N6S2. The molecule has 6 nitrogen and oxygen atoms in total. The van der Waals surface area contributed by atoms with Gasteiger partial charge in [0.2, 0.25) is 5.95 Å². The van der Waals surface area contributed by atoms with E-state index >= 15 is 0 Å². The van der Waals surface area contributed by atoms with Crippen LogP contribution in [0.1, 0.15) is 48.0 Å². The van der Waals surface area contributed by atoms with Gasteiger partial charge in [0, 0.05) is 26.2 Å². The van der Waals surface area contributed by atoms with E-state index in [0.29, 0.717) is 21.7 Å². The Bertz CT molecular complexity index is 1150. The van der Waals surface area contributed by atoms with Gasteiger partial charge in [-0.1, -0.05) is 48.0 Å². The average molecular weight is 493 g/mol. The van der Waals surface area contributed by atoms with Crippen molar-refractivity contribution in [2.45, 2.75) is 56.4 Å². The van der Waals surface area contributed by atoms with Crippen molar-refractivity contribution >= 4 is 52.2 Å². The molecule has 4 heterocycles. The molecule has 162 valence electrons. The number of hydrazine groups is 1. The van der Waals surface area contributed by atoms with Crippen LogP contribution in [0, 0.1) is 5.92 Å². The van der Waals surface area contributed by atoms with Gasteiger partial charge >= 0.3 is 0 Å². The molecule has 3 atom stereocenters. The third kappa shape index (κ3) is 3.22. The molecule has 10 heteroatoms. The molecule has 0 amide bonds. The summed E-state index contributed by atoms with van der Waals surface area (Å²) >= 11 is 16.3. The van der Waals surface area contributed by atoms with Crippen LogP contribution in [-0.4, -0.2) is 20.9 Å². The predicted molar refractivity (Wildman–Crippen MR) is 127 cm³/mol. The quantitative estimate of drug-likeness (QED) is 0.482. The van der Waals surface area contributed by atoms with Crippen LogP contribution >= 0.6 is 46.3 Å². The fourth-order valence-electron chi connectivity index (χ4n) is 4.73. The molecule has 2 aromatic heterocycles. The first-order valence-corrected chi connectivity index (χ1v) is 13.0. The number of thioether (sulfide) groups is 1. The van der Waals surface area contributed by atoms with E-state index in [1.54, 1.807) is 11.8 Å². The van der Waals surface area contributed by atoms with Gasteiger partial charge in [-0.2, -0.15) is 0 Å². The van der Waals surface area contributed by atoms with Crippen LogP contribution in [0.3, 0.4) is 0 Å². The smallest absolute Gasteiger partial charge is 0.249 e. The van der Waals surface area contributed by atoms with Gasteiger partial charge < -0.3 is 0 Å². The van der Waals surface area contributed by atoms with E-state index in [-0.39, 0.29) is 12.3 Å². The van der Waals surface area contributed by atoms with Crippen molar-refractivity contribution in [3.8, 4) is 5.00 Å². The van der Waals surface area contributed by atoms with E-state index in [9.17, 15) is 0 Å². The Morgan fingerprint density at radius 3 is 2.84 bits per heavy atom. The molecule has 2 unspecified atom stereocenters. The Hall–Kier alpha value is -1.29. The van der Waals surface area contributed by atoms with Crippen molar-refractivity contribution in [2.75, 3.05) is 5.01 Å². The molecule has 3 aliphatic rings. The molecule has 1 aliphatic carbocycles. The van der Waals surface area contributed by atoms with Gasteiger partial charge in [-0.25, -0.2) is 9.99 Å². The van der Waals surface area contributed by atoms with Gasteiger partial charge in [-0.3, -0.25) is 10.3 Å². The number of aryl methyl sites for hydroxylation is 1. The third-order valence-electron chi connectivity index (χ3n) is 6.24. The highest BCUT2D eigenvalue weighted by Gasteiger charge is 2.44. The summed E-state index contributed by atoms with van der Waals surface area (Å²) in [5.41, 5.74) is 7.34. The first-order valence-electron chi connectivity index (χ1n) is 10.5. The highest BCUT2D eigenvalue weighted by molar-refractivity contribution is 7.98. The van der Waals surface area contributed by atoms with E-state index in [1.807, 2.05) is 29.5 Å². The molecule has 0 saturated carbocycles. The Balaban J connectivity index is 1.44. The fourth-order valence-corrected chi connectivity index (χ4v) is 7.83. The summed E-state index contributed by atoms with van der Waals surface area (Å²) in [6.07, 6.45) is 3.79. The Kier molecular flexibility index (Phi) is 5.01. The van der Waals surface area contributed by atoms with Crippen LogP contribution < -0.4 is 15.8 Å². The number of fused-ring (bicyclic) bond motifs is 8. The van der Waals surface area contributed by atoms with E-state index in [2.05, 4.69) is 44.4 Å². The molecule has 31 heavy (non-hydrogen) atoms. The lowest BCUT2D eigenvalue weighted by Gasteiger charge is -2.31. The summed E-state index contributed by atoms with van der Waals surface area (Å²) in [4.78, 5) is 1.51. The summed E-state index contributed by atoms with van der Waals surface area (Å²) in [6, 6.07) is 5.62. The lowest BCUT2D eigenvalue weighted by atomic mass is 9.87. The van der Waals surface area contributed by atoms with Gasteiger partial charge in [-0.05, 0) is 55.4 Å². The largest absolute Gasteiger partial charge is 0.276 e. The number of halogens is 2.